The Kier molecular flexibility index (Phi) is 4.89. The number of rotatable bonds is 6. The molecular weight excluding hydrogens is 224 g/mol. The van der Waals surface area contributed by atoms with E-state index in [4.69, 9.17) is 5.11 Å². The molecule has 3 N–H and O–H groups in total. The number of anilines is 1. The number of nitrogens with one attached hydrogen (secondary N) is 2. The Balaban J connectivity index is 2.28. The fourth-order valence-corrected chi connectivity index (χ4v) is 1.14. The summed E-state index contributed by atoms with van der Waals surface area (Å²) in [6.07, 6.45) is 1.59. The van der Waals surface area contributed by atoms with Crippen LogP contribution in [-0.2, 0) is 9.59 Å². The summed E-state index contributed by atoms with van der Waals surface area (Å²) in [5, 5.41) is 8.51. The van der Waals surface area contributed by atoms with Gasteiger partial charge in [-0.2, -0.15) is 0 Å². The van der Waals surface area contributed by atoms with Crippen molar-refractivity contribution in [1.29, 1.82) is 0 Å². The van der Waals surface area contributed by atoms with Crippen molar-refractivity contribution < 1.29 is 14.7 Å². The minimum Gasteiger partial charge on any atom is -0.480 e. The van der Waals surface area contributed by atoms with E-state index in [-0.39, 0.29) is 19.0 Å². The van der Waals surface area contributed by atoms with Gasteiger partial charge in [-0.1, -0.05) is 6.07 Å². The Morgan fingerprint density at radius 3 is 2.76 bits per heavy atom. The molecule has 0 fully saturated rings. The molecule has 0 aliphatic carbocycles. The second kappa shape index (κ2) is 6.44. The third-order valence-electron chi connectivity index (χ3n) is 1.81. The lowest BCUT2D eigenvalue weighted by molar-refractivity contribution is -0.138. The molecule has 0 radical (unpaired) electrons. The second-order valence-corrected chi connectivity index (χ2v) is 3.45. The van der Waals surface area contributed by atoms with Gasteiger partial charge in [0.15, 0.2) is 0 Å². The molecule has 0 saturated carbocycles. The fraction of sp³-hybridized carbons (Fsp3) is 0.300. The molecule has 0 aliphatic heterocycles. The predicted molar refractivity (Wildman–Crippen MR) is 61.1 cm³/mol. The molecule has 0 saturated heterocycles. The maximum Gasteiger partial charge on any atom is 0.317 e. The summed E-state index contributed by atoms with van der Waals surface area (Å²) in [4.78, 5) is 27.1. The number of aliphatic carboxylic acids is 1. The van der Waals surface area contributed by atoms with Crippen LogP contribution in [0.2, 0.25) is 0 Å². The number of carboxylic acids is 1. The van der Waals surface area contributed by atoms with Crippen LogP contribution >= 0.6 is 0 Å². The maximum atomic E-state index is 11.4. The molecule has 7 nitrogen and oxygen atoms in total. The highest BCUT2D eigenvalue weighted by Crippen LogP contribution is 1.96. The Hall–Kier alpha value is -2.15. The molecule has 0 atom stereocenters. The normalized spacial score (nSPS) is 10.0. The highest BCUT2D eigenvalue weighted by Gasteiger charge is 2.09. The standard InChI is InChI=1S/C10H14N4O3/c1-14(7-10(16)17)6-9(15)13-12-8-4-2-3-5-11-8/h2-5H,6-7H2,1H3,(H,11,12)(H,13,15)(H,16,17). The van der Waals surface area contributed by atoms with Crippen LogP contribution in [0.4, 0.5) is 5.82 Å². The molecule has 0 spiro atoms. The number of carboxylic acid groups (broad SMARTS) is 1. The smallest absolute Gasteiger partial charge is 0.317 e. The SMILES string of the molecule is CN(CC(=O)O)CC(=O)NNc1ccccn1. The zero-order valence-corrected chi connectivity index (χ0v) is 9.38. The summed E-state index contributed by atoms with van der Waals surface area (Å²) < 4.78 is 0. The molecule has 1 aromatic heterocycles. The van der Waals surface area contributed by atoms with Gasteiger partial charge in [0.1, 0.15) is 5.82 Å². The fourth-order valence-electron chi connectivity index (χ4n) is 1.14. The van der Waals surface area contributed by atoms with E-state index < -0.39 is 5.97 Å². The third-order valence-corrected chi connectivity index (χ3v) is 1.81. The lowest BCUT2D eigenvalue weighted by Gasteiger charge is -2.14. The molecule has 1 heterocycles. The van der Waals surface area contributed by atoms with E-state index in [2.05, 4.69) is 15.8 Å². The van der Waals surface area contributed by atoms with Crippen molar-refractivity contribution in [3.63, 3.8) is 0 Å². The van der Waals surface area contributed by atoms with Gasteiger partial charge in [-0.15, -0.1) is 0 Å². The van der Waals surface area contributed by atoms with E-state index in [1.54, 1.807) is 31.4 Å². The van der Waals surface area contributed by atoms with Crippen molar-refractivity contribution in [2.45, 2.75) is 0 Å². The van der Waals surface area contributed by atoms with Crippen LogP contribution in [0.15, 0.2) is 24.4 Å². The number of hydrazine groups is 1. The number of carbonyl (C=O) groups excluding carboxylic acids is 1. The van der Waals surface area contributed by atoms with Crippen molar-refractivity contribution in [3.8, 4) is 0 Å². The number of likely N-dealkylation sites (N-methyl/N-ethyl adjacent to an activating group) is 1. The van der Waals surface area contributed by atoms with Crippen LogP contribution in [0.5, 0.6) is 0 Å². The van der Waals surface area contributed by atoms with Crippen LogP contribution in [0.1, 0.15) is 0 Å². The average molecular weight is 238 g/mol. The molecule has 17 heavy (non-hydrogen) atoms. The minimum absolute atomic E-state index is 0.00780. The van der Waals surface area contributed by atoms with Gasteiger partial charge in [0.05, 0.1) is 13.1 Å². The summed E-state index contributed by atoms with van der Waals surface area (Å²) in [6.45, 7) is -0.191. The van der Waals surface area contributed by atoms with Crippen molar-refractivity contribution in [3.05, 3.63) is 24.4 Å². The number of hydrogen-bond acceptors (Lipinski definition) is 5. The van der Waals surface area contributed by atoms with Gasteiger partial charge in [-0.05, 0) is 19.2 Å². The molecule has 7 heteroatoms. The lowest BCUT2D eigenvalue weighted by Crippen LogP contribution is -2.40. The van der Waals surface area contributed by atoms with Crippen LogP contribution in [-0.4, -0.2) is 47.0 Å². The first-order chi connectivity index (χ1) is 8.08. The zero-order valence-electron chi connectivity index (χ0n) is 9.38. The number of carbonyl (C=O) groups is 2. The quantitative estimate of drug-likeness (QED) is 0.581. The highest BCUT2D eigenvalue weighted by molar-refractivity contribution is 5.79. The van der Waals surface area contributed by atoms with Gasteiger partial charge in [0.2, 0.25) is 0 Å². The predicted octanol–water partition coefficient (Wildman–Crippen LogP) is -0.459. The van der Waals surface area contributed by atoms with Gasteiger partial charge in [0.25, 0.3) is 5.91 Å². The number of pyridine rings is 1. The minimum atomic E-state index is -0.974. The van der Waals surface area contributed by atoms with Crippen molar-refractivity contribution in [1.82, 2.24) is 15.3 Å². The van der Waals surface area contributed by atoms with Crippen LogP contribution in [0.3, 0.4) is 0 Å². The summed E-state index contributed by atoms with van der Waals surface area (Å²) in [6, 6.07) is 5.23. The molecule has 1 rings (SSSR count). The molecule has 0 unspecified atom stereocenters. The van der Waals surface area contributed by atoms with E-state index in [1.165, 1.54) is 4.90 Å². The summed E-state index contributed by atoms with van der Waals surface area (Å²) in [5.74, 6) is -0.792. The lowest BCUT2D eigenvalue weighted by atomic mass is 10.5. The van der Waals surface area contributed by atoms with Crippen LogP contribution in [0, 0.1) is 0 Å². The topological polar surface area (TPSA) is 94.6 Å². The van der Waals surface area contributed by atoms with Gasteiger partial charge in [0, 0.05) is 6.20 Å². The average Bonchev–Trinajstić information content (AvgIpc) is 2.26. The van der Waals surface area contributed by atoms with Crippen LogP contribution in [0.25, 0.3) is 0 Å². The van der Waals surface area contributed by atoms with E-state index in [9.17, 15) is 9.59 Å². The van der Waals surface area contributed by atoms with Gasteiger partial charge >= 0.3 is 5.97 Å². The van der Waals surface area contributed by atoms with E-state index in [1.807, 2.05) is 0 Å². The highest BCUT2D eigenvalue weighted by atomic mass is 16.4. The van der Waals surface area contributed by atoms with E-state index >= 15 is 0 Å². The Labute approximate surface area is 98.4 Å². The van der Waals surface area contributed by atoms with Gasteiger partial charge < -0.3 is 5.11 Å². The van der Waals surface area contributed by atoms with Crippen molar-refractivity contribution in [2.75, 3.05) is 25.6 Å². The second-order valence-electron chi connectivity index (χ2n) is 3.45. The number of amides is 1. The first-order valence-electron chi connectivity index (χ1n) is 4.94. The largest absolute Gasteiger partial charge is 0.480 e. The molecule has 1 aromatic rings. The molecular formula is C10H14N4O3. The Bertz CT molecular complexity index is 382. The third kappa shape index (κ3) is 5.47. The zero-order chi connectivity index (χ0) is 12.7. The van der Waals surface area contributed by atoms with Crippen LogP contribution < -0.4 is 10.9 Å². The Morgan fingerprint density at radius 2 is 2.18 bits per heavy atom. The van der Waals surface area contributed by atoms with Crippen molar-refractivity contribution in [2.24, 2.45) is 0 Å². The number of aromatic nitrogens is 1. The monoisotopic (exact) mass is 238 g/mol. The van der Waals surface area contributed by atoms with Gasteiger partial charge in [-0.3, -0.25) is 25.3 Å². The molecule has 92 valence electrons. The molecule has 0 aromatic carbocycles. The molecule has 0 aliphatic rings. The van der Waals surface area contributed by atoms with E-state index in [0.29, 0.717) is 5.82 Å². The Morgan fingerprint density at radius 1 is 1.41 bits per heavy atom. The summed E-state index contributed by atoms with van der Waals surface area (Å²) in [7, 11) is 1.55. The first kappa shape index (κ1) is 12.9. The number of nitrogens with zero attached hydrogens (tertiary/aromatic N) is 2. The molecule has 0 bridgehead atoms. The summed E-state index contributed by atoms with van der Waals surface area (Å²) in [5.41, 5.74) is 5.04. The van der Waals surface area contributed by atoms with E-state index in [0.717, 1.165) is 0 Å². The van der Waals surface area contributed by atoms with Gasteiger partial charge in [-0.25, -0.2) is 4.98 Å². The molecule has 1 amide bonds. The first-order valence-corrected chi connectivity index (χ1v) is 4.94. The number of hydrogen-bond donors (Lipinski definition) is 3. The maximum absolute atomic E-state index is 11.4. The summed E-state index contributed by atoms with van der Waals surface area (Å²) >= 11 is 0. The van der Waals surface area contributed by atoms with Crippen molar-refractivity contribution >= 4 is 17.7 Å².